The number of carbonyl (C=O) groups excluding carboxylic acids is 4. The molecule has 3 unspecified atom stereocenters. The van der Waals surface area contributed by atoms with E-state index in [0.717, 1.165) is 28.7 Å². The summed E-state index contributed by atoms with van der Waals surface area (Å²) in [6.07, 6.45) is 1.25. The standard InChI is InChI=1S/C34H44O9/c1-15(9-8-10-40-20(6)35)26-16(2)11-25-28(29(26)37)34(32(39)43-25)14-33-17(3)12-24-22(18(4)31(38)42-24)13-23(33)19(5)27(34)30(33)41-21(7)36/h15,17,22,24-25,27-30,37H,4,8-14H2,1-3,5-7H3/t15-,17+,22-,24+,25?,27+,28?,29-,30?,33+,34+/m0/s1. The minimum atomic E-state index is -1.05. The zero-order valence-electron chi connectivity index (χ0n) is 26.1. The molecule has 0 amide bonds. The first-order valence-electron chi connectivity index (χ1n) is 15.7. The highest BCUT2D eigenvalue weighted by Crippen LogP contribution is 2.76. The SMILES string of the molecule is C=C1C(=O)O[C@@H]2C[C@@H](C)[C@]34C[C@@]5(C(=O)OC6CC(C)=C([C@@H](C)CCCOC(C)=O)[C@H](O)C65)[C@H](C(C)=C3C[C@@H]12)C4OC(C)=O. The van der Waals surface area contributed by atoms with Gasteiger partial charge in [-0.05, 0) is 63.4 Å². The van der Waals surface area contributed by atoms with Gasteiger partial charge in [0, 0.05) is 49.0 Å². The van der Waals surface area contributed by atoms with Crippen molar-refractivity contribution in [3.8, 4) is 0 Å². The lowest BCUT2D eigenvalue weighted by molar-refractivity contribution is -0.156. The first kappa shape index (κ1) is 30.1. The first-order valence-corrected chi connectivity index (χ1v) is 15.7. The van der Waals surface area contributed by atoms with Crippen LogP contribution in [0, 0.1) is 40.4 Å². The Hall–Kier alpha value is -2.94. The molecule has 234 valence electrons. The van der Waals surface area contributed by atoms with E-state index in [9.17, 15) is 24.3 Å². The number of ether oxygens (including phenoxy) is 4. The average Bonchev–Trinajstić information content (AvgIpc) is 3.49. The Kier molecular flexibility index (Phi) is 7.22. The van der Waals surface area contributed by atoms with Gasteiger partial charge >= 0.3 is 23.9 Å². The molecule has 11 atom stereocenters. The second kappa shape index (κ2) is 10.3. The van der Waals surface area contributed by atoms with Crippen LogP contribution < -0.4 is 0 Å². The summed E-state index contributed by atoms with van der Waals surface area (Å²) in [4.78, 5) is 50.6. The lowest BCUT2D eigenvalue weighted by Crippen LogP contribution is -2.50. The first-order chi connectivity index (χ1) is 20.2. The molecule has 2 aliphatic heterocycles. The van der Waals surface area contributed by atoms with Crippen molar-refractivity contribution in [3.05, 3.63) is 34.4 Å². The van der Waals surface area contributed by atoms with Crippen LogP contribution >= 0.6 is 0 Å². The molecule has 9 heteroatoms. The largest absolute Gasteiger partial charge is 0.466 e. The zero-order chi connectivity index (χ0) is 31.2. The maximum Gasteiger partial charge on any atom is 0.334 e. The van der Waals surface area contributed by atoms with Crippen molar-refractivity contribution >= 4 is 23.9 Å². The molecule has 6 rings (SSSR count). The van der Waals surface area contributed by atoms with Crippen molar-refractivity contribution in [2.45, 2.75) is 104 Å². The Bertz CT molecular complexity index is 1360. The van der Waals surface area contributed by atoms with Crippen molar-refractivity contribution in [3.63, 3.8) is 0 Å². The number of fused-ring (bicyclic) bond motifs is 5. The lowest BCUT2D eigenvalue weighted by atomic mass is 9.55. The summed E-state index contributed by atoms with van der Waals surface area (Å²) in [5, 5.41) is 12.2. The summed E-state index contributed by atoms with van der Waals surface area (Å²) < 4.78 is 23.3. The number of hydrogen-bond acceptors (Lipinski definition) is 9. The number of aliphatic hydroxyl groups is 1. The molecule has 2 spiro atoms. The van der Waals surface area contributed by atoms with E-state index in [-0.39, 0.29) is 41.8 Å². The van der Waals surface area contributed by atoms with Gasteiger partial charge in [0.1, 0.15) is 18.3 Å². The van der Waals surface area contributed by atoms with Crippen LogP contribution in [0.25, 0.3) is 0 Å². The van der Waals surface area contributed by atoms with Gasteiger partial charge in [-0.3, -0.25) is 14.4 Å². The fourth-order valence-corrected chi connectivity index (χ4v) is 10.4. The van der Waals surface area contributed by atoms with Crippen LogP contribution in [0.3, 0.4) is 0 Å². The predicted octanol–water partition coefficient (Wildman–Crippen LogP) is 4.37. The molecule has 43 heavy (non-hydrogen) atoms. The van der Waals surface area contributed by atoms with E-state index in [1.807, 2.05) is 13.8 Å². The highest BCUT2D eigenvalue weighted by molar-refractivity contribution is 5.91. The molecular weight excluding hydrogens is 552 g/mol. The van der Waals surface area contributed by atoms with Gasteiger partial charge in [-0.1, -0.05) is 37.1 Å². The Labute approximate surface area is 253 Å². The van der Waals surface area contributed by atoms with Gasteiger partial charge in [0.05, 0.1) is 18.1 Å². The van der Waals surface area contributed by atoms with E-state index in [1.165, 1.54) is 13.8 Å². The number of esters is 4. The molecule has 2 heterocycles. The zero-order valence-corrected chi connectivity index (χ0v) is 26.1. The van der Waals surface area contributed by atoms with E-state index in [4.69, 9.17) is 18.9 Å². The summed E-state index contributed by atoms with van der Waals surface area (Å²) >= 11 is 0. The van der Waals surface area contributed by atoms with Gasteiger partial charge in [0.15, 0.2) is 0 Å². The maximum absolute atomic E-state index is 14.2. The minimum absolute atomic E-state index is 0.0179. The fourth-order valence-electron chi connectivity index (χ4n) is 10.4. The van der Waals surface area contributed by atoms with Crippen molar-refractivity contribution in [1.82, 2.24) is 0 Å². The van der Waals surface area contributed by atoms with Crippen molar-refractivity contribution in [1.29, 1.82) is 0 Å². The van der Waals surface area contributed by atoms with Gasteiger partial charge in [-0.2, -0.15) is 0 Å². The molecule has 4 aliphatic carbocycles. The molecule has 9 nitrogen and oxygen atoms in total. The number of aliphatic hydroxyl groups excluding tert-OH is 1. The van der Waals surface area contributed by atoms with Crippen LogP contribution in [0.5, 0.6) is 0 Å². The molecule has 2 saturated heterocycles. The van der Waals surface area contributed by atoms with E-state index in [2.05, 4.69) is 20.4 Å². The normalized spacial score (nSPS) is 41.9. The van der Waals surface area contributed by atoms with E-state index >= 15 is 0 Å². The fraction of sp³-hybridized carbons (Fsp3) is 0.706. The third-order valence-electron chi connectivity index (χ3n) is 12.0. The lowest BCUT2D eigenvalue weighted by Gasteiger charge is -2.45. The summed E-state index contributed by atoms with van der Waals surface area (Å²) in [6.45, 7) is 15.4. The minimum Gasteiger partial charge on any atom is -0.466 e. The third kappa shape index (κ3) is 4.12. The molecule has 6 aliphatic rings. The van der Waals surface area contributed by atoms with Gasteiger partial charge in [0.25, 0.3) is 0 Å². The highest BCUT2D eigenvalue weighted by Gasteiger charge is 2.79. The molecule has 2 bridgehead atoms. The smallest absolute Gasteiger partial charge is 0.334 e. The van der Waals surface area contributed by atoms with Crippen LogP contribution in [0.15, 0.2) is 34.4 Å². The number of rotatable bonds is 6. The third-order valence-corrected chi connectivity index (χ3v) is 12.0. The maximum atomic E-state index is 14.2. The molecule has 0 aromatic rings. The molecule has 0 aromatic carbocycles. The van der Waals surface area contributed by atoms with Crippen LogP contribution in [-0.2, 0) is 38.1 Å². The van der Waals surface area contributed by atoms with Crippen molar-refractivity contribution in [2.24, 2.45) is 40.4 Å². The molecular formula is C34H44O9. The van der Waals surface area contributed by atoms with E-state index < -0.39 is 46.9 Å². The molecule has 0 radical (unpaired) electrons. The Morgan fingerprint density at radius 3 is 2.49 bits per heavy atom. The highest BCUT2D eigenvalue weighted by atomic mass is 16.6. The van der Waals surface area contributed by atoms with Crippen LogP contribution in [0.1, 0.15) is 80.1 Å². The molecule has 4 fully saturated rings. The van der Waals surface area contributed by atoms with Gasteiger partial charge in [-0.25, -0.2) is 4.79 Å². The summed E-state index contributed by atoms with van der Waals surface area (Å²) in [6, 6.07) is 0. The second-order valence-electron chi connectivity index (χ2n) is 14.1. The average molecular weight is 597 g/mol. The van der Waals surface area contributed by atoms with Crippen LogP contribution in [-0.4, -0.2) is 60.0 Å². The predicted molar refractivity (Wildman–Crippen MR) is 154 cm³/mol. The van der Waals surface area contributed by atoms with Crippen LogP contribution in [0.4, 0.5) is 0 Å². The molecule has 1 N–H and O–H groups in total. The van der Waals surface area contributed by atoms with Gasteiger partial charge < -0.3 is 24.1 Å². The van der Waals surface area contributed by atoms with E-state index in [1.54, 1.807) is 0 Å². The Balaban J connectivity index is 1.40. The second-order valence-corrected chi connectivity index (χ2v) is 14.1. The molecule has 0 aromatic heterocycles. The van der Waals surface area contributed by atoms with Crippen LogP contribution in [0.2, 0.25) is 0 Å². The van der Waals surface area contributed by atoms with E-state index in [0.29, 0.717) is 44.3 Å². The topological polar surface area (TPSA) is 125 Å². The monoisotopic (exact) mass is 596 g/mol. The Morgan fingerprint density at radius 1 is 1.09 bits per heavy atom. The quantitative estimate of drug-likeness (QED) is 0.156. The van der Waals surface area contributed by atoms with Crippen molar-refractivity contribution < 1.29 is 43.2 Å². The number of hydrogen-bond donors (Lipinski definition) is 1. The van der Waals surface area contributed by atoms with Gasteiger partial charge in [0.2, 0.25) is 0 Å². The molecule has 2 saturated carbocycles. The summed E-state index contributed by atoms with van der Waals surface area (Å²) in [7, 11) is 0. The summed E-state index contributed by atoms with van der Waals surface area (Å²) in [5.41, 5.74) is 2.89. The number of carbonyl (C=O) groups is 4. The summed E-state index contributed by atoms with van der Waals surface area (Å²) in [5.74, 6) is -2.51. The van der Waals surface area contributed by atoms with Gasteiger partial charge in [-0.15, -0.1) is 0 Å². The Morgan fingerprint density at radius 2 is 1.81 bits per heavy atom. The van der Waals surface area contributed by atoms with Crippen molar-refractivity contribution in [2.75, 3.05) is 6.61 Å².